The fraction of sp³-hybridized carbons (Fsp3) is 0.538. The van der Waals surface area contributed by atoms with Crippen LogP contribution in [0.3, 0.4) is 0 Å². The first-order valence-corrected chi connectivity index (χ1v) is 5.36. The van der Waals surface area contributed by atoms with Gasteiger partial charge in [-0.05, 0) is 36.0 Å². The van der Waals surface area contributed by atoms with Crippen molar-refractivity contribution in [1.29, 1.82) is 0 Å². The van der Waals surface area contributed by atoms with Gasteiger partial charge < -0.3 is 4.74 Å². The fourth-order valence-electron chi connectivity index (χ4n) is 1.91. The molecule has 1 heteroatoms. The Kier molecular flexibility index (Phi) is 2.26. The molecule has 0 fully saturated rings. The quantitative estimate of drug-likeness (QED) is 0.691. The average molecular weight is 190 g/mol. The summed E-state index contributed by atoms with van der Waals surface area (Å²) in [6, 6.07) is 4.57. The maximum atomic E-state index is 5.40. The first kappa shape index (κ1) is 9.57. The van der Waals surface area contributed by atoms with Gasteiger partial charge in [0.05, 0.1) is 0 Å². The maximum absolute atomic E-state index is 5.40. The van der Waals surface area contributed by atoms with Gasteiger partial charge in [0.25, 0.3) is 0 Å². The summed E-state index contributed by atoms with van der Waals surface area (Å²) < 4.78 is 5.40. The summed E-state index contributed by atoms with van der Waals surface area (Å²) in [5.41, 5.74) is 4.13. The van der Waals surface area contributed by atoms with E-state index in [1.807, 2.05) is 0 Å². The molecular weight excluding hydrogens is 172 g/mol. The number of fused-ring (bicyclic) bond motifs is 1. The van der Waals surface area contributed by atoms with Crippen molar-refractivity contribution in [3.05, 3.63) is 28.8 Å². The molecule has 1 aromatic carbocycles. The van der Waals surface area contributed by atoms with Gasteiger partial charge >= 0.3 is 0 Å². The Labute approximate surface area is 86.1 Å². The summed E-state index contributed by atoms with van der Waals surface area (Å²) in [4.78, 5) is 0. The number of rotatable bonds is 2. The monoisotopic (exact) mass is 190 g/mol. The highest BCUT2D eigenvalue weighted by Crippen LogP contribution is 2.36. The van der Waals surface area contributed by atoms with E-state index in [4.69, 9.17) is 4.74 Å². The Morgan fingerprint density at radius 3 is 2.36 bits per heavy atom. The van der Waals surface area contributed by atoms with Crippen LogP contribution in [0.5, 0.6) is 5.75 Å². The van der Waals surface area contributed by atoms with Gasteiger partial charge in [0.2, 0.25) is 0 Å². The molecule has 1 atom stereocenters. The second-order valence-electron chi connectivity index (χ2n) is 4.65. The Hall–Kier alpha value is -0.980. The predicted octanol–water partition coefficient (Wildman–Crippen LogP) is 3.65. The van der Waals surface area contributed by atoms with Crippen molar-refractivity contribution in [1.82, 2.24) is 0 Å². The molecule has 0 amide bonds. The third-order valence-corrected chi connectivity index (χ3v) is 3.27. The van der Waals surface area contributed by atoms with Crippen LogP contribution in [0.15, 0.2) is 12.1 Å². The zero-order chi connectivity index (χ0) is 10.3. The van der Waals surface area contributed by atoms with Gasteiger partial charge in [-0.25, -0.2) is 0 Å². The first-order chi connectivity index (χ1) is 6.59. The summed E-state index contributed by atoms with van der Waals surface area (Å²) in [5.74, 6) is 2.46. The highest BCUT2D eigenvalue weighted by Gasteiger charge is 2.20. The maximum Gasteiger partial charge on any atom is 0.129 e. The van der Waals surface area contributed by atoms with Crippen molar-refractivity contribution >= 4 is 0 Å². The zero-order valence-corrected chi connectivity index (χ0v) is 9.42. The Balaban J connectivity index is 2.36. The van der Waals surface area contributed by atoms with Gasteiger partial charge in [0, 0.05) is 5.56 Å². The molecule has 0 aromatic heterocycles. The molecule has 1 aliphatic heterocycles. The van der Waals surface area contributed by atoms with Crippen LogP contribution in [0, 0.1) is 12.8 Å². The van der Waals surface area contributed by atoms with E-state index < -0.39 is 0 Å². The average Bonchev–Trinajstić information content (AvgIpc) is 2.06. The first-order valence-electron chi connectivity index (χ1n) is 5.36. The van der Waals surface area contributed by atoms with Crippen LogP contribution in [0.1, 0.15) is 43.4 Å². The lowest BCUT2D eigenvalue weighted by molar-refractivity contribution is 0.240. The molecule has 0 radical (unpaired) electrons. The van der Waals surface area contributed by atoms with Crippen LogP contribution >= 0.6 is 0 Å². The van der Waals surface area contributed by atoms with Gasteiger partial charge in [-0.3, -0.25) is 0 Å². The zero-order valence-electron chi connectivity index (χ0n) is 9.42. The summed E-state index contributed by atoms with van der Waals surface area (Å²) >= 11 is 0. The topological polar surface area (TPSA) is 9.23 Å². The van der Waals surface area contributed by atoms with Crippen LogP contribution in [-0.2, 0) is 6.61 Å². The normalized spacial score (nSPS) is 15.8. The lowest BCUT2D eigenvalue weighted by Gasteiger charge is -2.26. The molecule has 0 saturated carbocycles. The minimum atomic E-state index is 0.639. The summed E-state index contributed by atoms with van der Waals surface area (Å²) in [7, 11) is 0. The number of hydrogen-bond acceptors (Lipinski definition) is 1. The molecule has 1 unspecified atom stereocenters. The van der Waals surface area contributed by atoms with Gasteiger partial charge in [-0.15, -0.1) is 0 Å². The SMILES string of the molecule is Cc1cc(C(C)C(C)C)cc2c1OC2. The van der Waals surface area contributed by atoms with Crippen LogP contribution in [0.25, 0.3) is 0 Å². The second-order valence-corrected chi connectivity index (χ2v) is 4.65. The number of ether oxygens (including phenoxy) is 1. The molecule has 14 heavy (non-hydrogen) atoms. The molecule has 2 rings (SSSR count). The highest BCUT2D eigenvalue weighted by atomic mass is 16.5. The lowest BCUT2D eigenvalue weighted by atomic mass is 9.87. The molecule has 0 N–H and O–H groups in total. The third-order valence-electron chi connectivity index (χ3n) is 3.27. The lowest BCUT2D eigenvalue weighted by Crippen LogP contribution is -2.13. The van der Waals surface area contributed by atoms with Crippen LogP contribution in [-0.4, -0.2) is 0 Å². The van der Waals surface area contributed by atoms with E-state index in [9.17, 15) is 0 Å². The van der Waals surface area contributed by atoms with Crippen LogP contribution in [0.4, 0.5) is 0 Å². The third kappa shape index (κ3) is 1.41. The van der Waals surface area contributed by atoms with E-state index in [1.165, 1.54) is 16.7 Å². The summed E-state index contributed by atoms with van der Waals surface area (Å²) in [5, 5.41) is 0. The molecule has 0 saturated heterocycles. The van der Waals surface area contributed by atoms with Crippen molar-refractivity contribution in [2.24, 2.45) is 5.92 Å². The minimum absolute atomic E-state index is 0.639. The number of benzene rings is 1. The molecule has 76 valence electrons. The van der Waals surface area contributed by atoms with E-state index in [1.54, 1.807) is 0 Å². The Bertz CT molecular complexity index is 335. The van der Waals surface area contributed by atoms with Gasteiger partial charge in [0.15, 0.2) is 0 Å². The van der Waals surface area contributed by atoms with E-state index in [2.05, 4.69) is 39.8 Å². The molecular formula is C13H18O. The molecule has 1 heterocycles. The molecule has 1 nitrogen and oxygen atoms in total. The predicted molar refractivity (Wildman–Crippen MR) is 58.8 cm³/mol. The smallest absolute Gasteiger partial charge is 0.129 e. The van der Waals surface area contributed by atoms with Crippen molar-refractivity contribution < 1.29 is 4.74 Å². The summed E-state index contributed by atoms with van der Waals surface area (Å²) in [6.45, 7) is 9.78. The molecule has 0 aliphatic carbocycles. The van der Waals surface area contributed by atoms with Crippen LogP contribution in [0.2, 0.25) is 0 Å². The van der Waals surface area contributed by atoms with E-state index in [0.717, 1.165) is 12.4 Å². The standard InChI is InChI=1S/C13H18O/c1-8(2)10(4)11-5-9(3)13-12(6-11)7-14-13/h5-6,8,10H,7H2,1-4H3. The molecule has 0 spiro atoms. The molecule has 1 aliphatic rings. The van der Waals surface area contributed by atoms with Crippen molar-refractivity contribution in [3.8, 4) is 5.75 Å². The highest BCUT2D eigenvalue weighted by molar-refractivity contribution is 5.48. The fourth-order valence-corrected chi connectivity index (χ4v) is 1.91. The minimum Gasteiger partial charge on any atom is -0.488 e. The number of hydrogen-bond donors (Lipinski definition) is 0. The van der Waals surface area contributed by atoms with Gasteiger partial charge in [-0.1, -0.05) is 26.8 Å². The summed E-state index contributed by atoms with van der Waals surface area (Å²) in [6.07, 6.45) is 0. The van der Waals surface area contributed by atoms with E-state index in [0.29, 0.717) is 11.8 Å². The van der Waals surface area contributed by atoms with Gasteiger partial charge in [0.1, 0.15) is 12.4 Å². The Morgan fingerprint density at radius 2 is 1.93 bits per heavy atom. The molecule has 0 bridgehead atoms. The van der Waals surface area contributed by atoms with Crippen molar-refractivity contribution in [3.63, 3.8) is 0 Å². The number of aryl methyl sites for hydroxylation is 1. The van der Waals surface area contributed by atoms with Crippen LogP contribution < -0.4 is 4.74 Å². The van der Waals surface area contributed by atoms with Gasteiger partial charge in [-0.2, -0.15) is 0 Å². The largest absolute Gasteiger partial charge is 0.488 e. The van der Waals surface area contributed by atoms with Crippen molar-refractivity contribution in [2.75, 3.05) is 0 Å². The second kappa shape index (κ2) is 3.30. The van der Waals surface area contributed by atoms with E-state index >= 15 is 0 Å². The van der Waals surface area contributed by atoms with E-state index in [-0.39, 0.29) is 0 Å². The molecule has 1 aromatic rings. The van der Waals surface area contributed by atoms with Crippen molar-refractivity contribution in [2.45, 2.75) is 40.2 Å². The Morgan fingerprint density at radius 1 is 1.21 bits per heavy atom.